The number of hydrogen-bond donors (Lipinski definition) is 1. The molecule has 2 rings (SSSR count). The summed E-state index contributed by atoms with van der Waals surface area (Å²) in [6.07, 6.45) is 1.03. The van der Waals surface area contributed by atoms with Gasteiger partial charge in [0.25, 0.3) is 0 Å². The number of nitrogens with zero attached hydrogens (tertiary/aromatic N) is 1. The van der Waals surface area contributed by atoms with Gasteiger partial charge in [0.1, 0.15) is 4.90 Å². The van der Waals surface area contributed by atoms with Gasteiger partial charge in [-0.2, -0.15) is 4.31 Å². The maximum Gasteiger partial charge on any atom is 0.244 e. The minimum absolute atomic E-state index is 0.00962. The van der Waals surface area contributed by atoms with Crippen molar-refractivity contribution < 1.29 is 16.8 Å². The Bertz CT molecular complexity index is 767. The molecule has 6 nitrogen and oxygen atoms in total. The summed E-state index contributed by atoms with van der Waals surface area (Å²) >= 11 is 6.01. The Morgan fingerprint density at radius 2 is 1.68 bits per heavy atom. The first-order chi connectivity index (χ1) is 10.0. The topological polar surface area (TPSA) is 83.6 Å². The lowest BCUT2D eigenvalue weighted by molar-refractivity contribution is 0.263. The second-order valence-corrected chi connectivity index (χ2v) is 9.98. The van der Waals surface area contributed by atoms with E-state index in [1.807, 2.05) is 13.8 Å². The molecule has 1 aliphatic rings. The van der Waals surface area contributed by atoms with Crippen LogP contribution >= 0.6 is 11.6 Å². The van der Waals surface area contributed by atoms with Crippen LogP contribution in [-0.2, 0) is 19.9 Å². The lowest BCUT2D eigenvalue weighted by atomic mass is 10.2. The van der Waals surface area contributed by atoms with Crippen molar-refractivity contribution in [3.8, 4) is 0 Å². The standard InChI is InChI=1S/C13H19ClN2O4S2/c1-9-7-16(8-10(2)15-9)22(19,20)13-6-11(21(3,17)18)4-5-12(13)14/h4-6,9-10,15H,7-8H2,1-3H3/t9-,10-/m1/s1. The smallest absolute Gasteiger partial charge is 0.244 e. The number of benzene rings is 1. The molecule has 1 aromatic carbocycles. The molecule has 0 radical (unpaired) electrons. The van der Waals surface area contributed by atoms with Crippen LogP contribution < -0.4 is 5.32 Å². The van der Waals surface area contributed by atoms with Crippen molar-refractivity contribution in [2.45, 2.75) is 35.7 Å². The Hall–Kier alpha value is -0.670. The zero-order valence-electron chi connectivity index (χ0n) is 12.6. The zero-order chi connectivity index (χ0) is 16.7. The molecular formula is C13H19ClN2O4S2. The highest BCUT2D eigenvalue weighted by atomic mass is 35.5. The summed E-state index contributed by atoms with van der Waals surface area (Å²) in [7, 11) is -7.35. The van der Waals surface area contributed by atoms with Crippen LogP contribution in [0.15, 0.2) is 28.0 Å². The van der Waals surface area contributed by atoms with Crippen molar-refractivity contribution >= 4 is 31.5 Å². The molecule has 0 spiro atoms. The van der Waals surface area contributed by atoms with Gasteiger partial charge in [0.2, 0.25) is 10.0 Å². The van der Waals surface area contributed by atoms with Crippen molar-refractivity contribution in [3.63, 3.8) is 0 Å². The van der Waals surface area contributed by atoms with Gasteiger partial charge in [0.15, 0.2) is 9.84 Å². The molecule has 1 saturated heterocycles. The molecule has 2 atom stereocenters. The van der Waals surface area contributed by atoms with E-state index in [1.165, 1.54) is 16.4 Å². The van der Waals surface area contributed by atoms with E-state index in [-0.39, 0.29) is 26.9 Å². The van der Waals surface area contributed by atoms with Gasteiger partial charge in [-0.1, -0.05) is 11.6 Å². The molecule has 0 aromatic heterocycles. The number of halogens is 1. The second kappa shape index (κ2) is 6.09. The highest BCUT2D eigenvalue weighted by Gasteiger charge is 2.33. The van der Waals surface area contributed by atoms with Gasteiger partial charge in [0.05, 0.1) is 9.92 Å². The summed E-state index contributed by atoms with van der Waals surface area (Å²) in [5.41, 5.74) is 0. The number of hydrogen-bond acceptors (Lipinski definition) is 5. The SMILES string of the molecule is C[C@@H]1CN(S(=O)(=O)c2cc(S(C)(=O)=O)ccc2Cl)C[C@@H](C)N1. The van der Waals surface area contributed by atoms with E-state index in [0.29, 0.717) is 13.1 Å². The summed E-state index contributed by atoms with van der Waals surface area (Å²) in [6, 6.07) is 3.76. The molecule has 124 valence electrons. The Balaban J connectivity index is 2.49. The molecule has 1 fully saturated rings. The molecule has 0 saturated carbocycles. The quantitative estimate of drug-likeness (QED) is 0.866. The number of rotatable bonds is 3. The Morgan fingerprint density at radius 1 is 1.14 bits per heavy atom. The van der Waals surface area contributed by atoms with Crippen LogP contribution in [0.25, 0.3) is 0 Å². The van der Waals surface area contributed by atoms with E-state index in [1.54, 1.807) is 0 Å². The molecule has 0 bridgehead atoms. The molecule has 0 aliphatic carbocycles. The molecule has 0 unspecified atom stereocenters. The highest BCUT2D eigenvalue weighted by Crippen LogP contribution is 2.28. The molecule has 1 aliphatic heterocycles. The first-order valence-corrected chi connectivity index (χ1v) is 10.5. The predicted octanol–water partition coefficient (Wildman–Crippen LogP) is 1.11. The summed E-state index contributed by atoms with van der Waals surface area (Å²) in [4.78, 5) is -0.231. The first-order valence-electron chi connectivity index (χ1n) is 6.77. The molecule has 0 amide bonds. The molecular weight excluding hydrogens is 348 g/mol. The van der Waals surface area contributed by atoms with Crippen molar-refractivity contribution in [2.24, 2.45) is 0 Å². The monoisotopic (exact) mass is 366 g/mol. The summed E-state index contributed by atoms with van der Waals surface area (Å²) in [5, 5.41) is 3.27. The number of sulfonamides is 1. The molecule has 1 aromatic rings. The van der Waals surface area contributed by atoms with Gasteiger partial charge in [-0.25, -0.2) is 16.8 Å². The summed E-state index contributed by atoms with van der Waals surface area (Å²) < 4.78 is 50.2. The lowest BCUT2D eigenvalue weighted by Crippen LogP contribution is -2.55. The third-order valence-electron chi connectivity index (χ3n) is 3.47. The van der Waals surface area contributed by atoms with E-state index < -0.39 is 19.9 Å². The largest absolute Gasteiger partial charge is 0.309 e. The minimum atomic E-state index is -3.84. The van der Waals surface area contributed by atoms with E-state index in [2.05, 4.69) is 5.32 Å². The molecule has 1 N–H and O–H groups in total. The Labute approximate surface area is 136 Å². The molecule has 1 heterocycles. The van der Waals surface area contributed by atoms with Crippen LogP contribution in [-0.4, -0.2) is 52.6 Å². The summed E-state index contributed by atoms with van der Waals surface area (Å²) in [5.74, 6) is 0. The van der Waals surface area contributed by atoms with Gasteiger partial charge in [-0.3, -0.25) is 0 Å². The fourth-order valence-corrected chi connectivity index (χ4v) is 5.36. The normalized spacial score (nSPS) is 24.4. The average Bonchev–Trinajstić information content (AvgIpc) is 2.36. The van der Waals surface area contributed by atoms with Gasteiger partial charge in [-0.05, 0) is 32.0 Å². The summed E-state index contributed by atoms with van der Waals surface area (Å²) in [6.45, 7) is 4.41. The molecule has 9 heteroatoms. The van der Waals surface area contributed by atoms with Crippen molar-refractivity contribution in [1.82, 2.24) is 9.62 Å². The number of nitrogens with one attached hydrogen (secondary N) is 1. The maximum absolute atomic E-state index is 12.8. The highest BCUT2D eigenvalue weighted by molar-refractivity contribution is 7.91. The number of piperazine rings is 1. The Kier molecular flexibility index (Phi) is 4.89. The van der Waals surface area contributed by atoms with Gasteiger partial charge in [0, 0.05) is 31.4 Å². The van der Waals surface area contributed by atoms with Crippen LogP contribution in [0, 0.1) is 0 Å². The first kappa shape index (κ1) is 17.7. The van der Waals surface area contributed by atoms with Crippen LogP contribution in [0.5, 0.6) is 0 Å². The zero-order valence-corrected chi connectivity index (χ0v) is 15.0. The fraction of sp³-hybridized carbons (Fsp3) is 0.538. The van der Waals surface area contributed by atoms with Crippen molar-refractivity contribution in [2.75, 3.05) is 19.3 Å². The van der Waals surface area contributed by atoms with E-state index >= 15 is 0 Å². The fourth-order valence-electron chi connectivity index (χ4n) is 2.52. The number of sulfone groups is 1. The van der Waals surface area contributed by atoms with Crippen LogP contribution in [0.1, 0.15) is 13.8 Å². The van der Waals surface area contributed by atoms with Gasteiger partial charge in [-0.15, -0.1) is 0 Å². The molecule has 22 heavy (non-hydrogen) atoms. The predicted molar refractivity (Wildman–Crippen MR) is 85.4 cm³/mol. The van der Waals surface area contributed by atoms with E-state index in [0.717, 1.165) is 12.3 Å². The Morgan fingerprint density at radius 3 is 2.18 bits per heavy atom. The van der Waals surface area contributed by atoms with Gasteiger partial charge < -0.3 is 5.32 Å². The van der Waals surface area contributed by atoms with E-state index in [4.69, 9.17) is 11.6 Å². The third-order valence-corrected chi connectivity index (χ3v) is 6.90. The average molecular weight is 367 g/mol. The van der Waals surface area contributed by atoms with Crippen LogP contribution in [0.3, 0.4) is 0 Å². The maximum atomic E-state index is 12.8. The van der Waals surface area contributed by atoms with Crippen molar-refractivity contribution in [1.29, 1.82) is 0 Å². The van der Waals surface area contributed by atoms with Gasteiger partial charge >= 0.3 is 0 Å². The minimum Gasteiger partial charge on any atom is -0.309 e. The lowest BCUT2D eigenvalue weighted by Gasteiger charge is -2.35. The second-order valence-electron chi connectivity index (χ2n) is 5.66. The van der Waals surface area contributed by atoms with E-state index in [9.17, 15) is 16.8 Å². The van der Waals surface area contributed by atoms with Crippen molar-refractivity contribution in [3.05, 3.63) is 23.2 Å². The van der Waals surface area contributed by atoms with Crippen LogP contribution in [0.4, 0.5) is 0 Å². The van der Waals surface area contributed by atoms with Crippen LogP contribution in [0.2, 0.25) is 5.02 Å². The third kappa shape index (κ3) is 3.62.